The molecule has 96 valence electrons. The van der Waals surface area contributed by atoms with Crippen LogP contribution in [0.3, 0.4) is 0 Å². The molecule has 1 fully saturated rings. The van der Waals surface area contributed by atoms with E-state index in [9.17, 15) is 4.79 Å². The molecule has 0 radical (unpaired) electrons. The summed E-state index contributed by atoms with van der Waals surface area (Å²) in [5.74, 6) is 0.370. The molecule has 1 aliphatic rings. The highest BCUT2D eigenvalue weighted by molar-refractivity contribution is 5.94. The first-order chi connectivity index (χ1) is 9.24. The van der Waals surface area contributed by atoms with E-state index in [1.165, 1.54) is 4.90 Å². The van der Waals surface area contributed by atoms with Crippen LogP contribution in [0.4, 0.5) is 5.95 Å². The Morgan fingerprint density at radius 1 is 1.32 bits per heavy atom. The second-order valence-electron chi connectivity index (χ2n) is 4.45. The first-order valence-electron chi connectivity index (χ1n) is 6.03. The Balaban J connectivity index is 1.95. The summed E-state index contributed by atoms with van der Waals surface area (Å²) >= 11 is 0. The van der Waals surface area contributed by atoms with Crippen molar-refractivity contribution in [3.05, 3.63) is 36.8 Å². The van der Waals surface area contributed by atoms with Crippen molar-refractivity contribution in [2.24, 2.45) is 5.73 Å². The van der Waals surface area contributed by atoms with Crippen LogP contribution in [0.25, 0.3) is 11.3 Å². The van der Waals surface area contributed by atoms with Crippen molar-refractivity contribution in [1.29, 1.82) is 0 Å². The van der Waals surface area contributed by atoms with Crippen LogP contribution in [-0.4, -0.2) is 33.4 Å². The van der Waals surface area contributed by atoms with Crippen LogP contribution in [0.2, 0.25) is 0 Å². The topological polar surface area (TPSA) is 85.0 Å². The van der Waals surface area contributed by atoms with Crippen LogP contribution in [0.15, 0.2) is 36.8 Å². The summed E-state index contributed by atoms with van der Waals surface area (Å²) in [4.78, 5) is 25.9. The summed E-state index contributed by atoms with van der Waals surface area (Å²) in [6.45, 7) is 0.468. The molecule has 2 N–H and O–H groups in total. The average molecular weight is 255 g/mol. The standard InChI is InChI=1S/C13H13N5O/c14-10-6-12(19)18(8-10)13-16-5-3-11(17-13)9-2-1-4-15-7-9/h1-5,7,10H,6,8,14H2. The van der Waals surface area contributed by atoms with Gasteiger partial charge in [-0.1, -0.05) is 0 Å². The summed E-state index contributed by atoms with van der Waals surface area (Å²) in [7, 11) is 0. The smallest absolute Gasteiger partial charge is 0.232 e. The molecule has 1 unspecified atom stereocenters. The van der Waals surface area contributed by atoms with Gasteiger partial charge in [0.05, 0.1) is 5.69 Å². The lowest BCUT2D eigenvalue weighted by Gasteiger charge is -2.14. The molecule has 1 aliphatic heterocycles. The van der Waals surface area contributed by atoms with Gasteiger partial charge in [-0.05, 0) is 18.2 Å². The van der Waals surface area contributed by atoms with Gasteiger partial charge in [0, 0.05) is 43.2 Å². The number of hydrogen-bond donors (Lipinski definition) is 1. The van der Waals surface area contributed by atoms with Crippen molar-refractivity contribution in [3.8, 4) is 11.3 Å². The van der Waals surface area contributed by atoms with E-state index in [1.807, 2.05) is 12.1 Å². The van der Waals surface area contributed by atoms with Crippen LogP contribution >= 0.6 is 0 Å². The number of nitrogens with two attached hydrogens (primary N) is 1. The SMILES string of the molecule is NC1CC(=O)N(c2nccc(-c3cccnc3)n2)C1. The highest BCUT2D eigenvalue weighted by atomic mass is 16.2. The minimum Gasteiger partial charge on any atom is -0.326 e. The van der Waals surface area contributed by atoms with Crippen LogP contribution in [-0.2, 0) is 4.79 Å². The van der Waals surface area contributed by atoms with Crippen molar-refractivity contribution in [3.63, 3.8) is 0 Å². The van der Waals surface area contributed by atoms with Gasteiger partial charge in [-0.2, -0.15) is 0 Å². The van der Waals surface area contributed by atoms with E-state index < -0.39 is 0 Å². The third-order valence-corrected chi connectivity index (χ3v) is 3.00. The highest BCUT2D eigenvalue weighted by Crippen LogP contribution is 2.20. The number of anilines is 1. The van der Waals surface area contributed by atoms with Crippen molar-refractivity contribution in [1.82, 2.24) is 15.0 Å². The van der Waals surface area contributed by atoms with Gasteiger partial charge in [-0.15, -0.1) is 0 Å². The van der Waals surface area contributed by atoms with Crippen molar-refractivity contribution < 1.29 is 4.79 Å². The third-order valence-electron chi connectivity index (χ3n) is 3.00. The Kier molecular flexibility index (Phi) is 2.92. The van der Waals surface area contributed by atoms with Crippen molar-refractivity contribution >= 4 is 11.9 Å². The van der Waals surface area contributed by atoms with Crippen LogP contribution in [0, 0.1) is 0 Å². The lowest BCUT2D eigenvalue weighted by Crippen LogP contribution is -2.29. The van der Waals surface area contributed by atoms with Crippen molar-refractivity contribution in [2.45, 2.75) is 12.5 Å². The minimum atomic E-state index is -0.141. The van der Waals surface area contributed by atoms with E-state index in [4.69, 9.17) is 5.73 Å². The molecule has 0 saturated carbocycles. The quantitative estimate of drug-likeness (QED) is 0.849. The van der Waals surface area contributed by atoms with Gasteiger partial charge in [-0.25, -0.2) is 9.97 Å². The molecular weight excluding hydrogens is 242 g/mol. The van der Waals surface area contributed by atoms with E-state index in [0.29, 0.717) is 18.9 Å². The monoisotopic (exact) mass is 255 g/mol. The molecule has 6 heteroatoms. The van der Waals surface area contributed by atoms with Gasteiger partial charge in [0.2, 0.25) is 11.9 Å². The molecule has 19 heavy (non-hydrogen) atoms. The fourth-order valence-electron chi connectivity index (χ4n) is 2.08. The zero-order valence-corrected chi connectivity index (χ0v) is 10.2. The minimum absolute atomic E-state index is 0.0316. The Labute approximate surface area is 110 Å². The molecular formula is C13H13N5O. The summed E-state index contributed by atoms with van der Waals surface area (Å²) < 4.78 is 0. The molecule has 0 aromatic carbocycles. The Morgan fingerprint density at radius 3 is 2.89 bits per heavy atom. The maximum Gasteiger partial charge on any atom is 0.232 e. The lowest BCUT2D eigenvalue weighted by atomic mass is 10.2. The van der Waals surface area contributed by atoms with Crippen LogP contribution < -0.4 is 10.6 Å². The number of hydrogen-bond acceptors (Lipinski definition) is 5. The summed E-state index contributed by atoms with van der Waals surface area (Å²) in [6.07, 6.45) is 5.42. The number of rotatable bonds is 2. The molecule has 3 heterocycles. The maximum absolute atomic E-state index is 11.8. The summed E-state index contributed by atoms with van der Waals surface area (Å²) in [6, 6.07) is 5.41. The first kappa shape index (κ1) is 11.7. The number of aromatic nitrogens is 3. The second-order valence-corrected chi connectivity index (χ2v) is 4.45. The third kappa shape index (κ3) is 2.30. The predicted octanol–water partition coefficient (Wildman–Crippen LogP) is 0.603. The van der Waals surface area contributed by atoms with Crippen LogP contribution in [0.1, 0.15) is 6.42 Å². The lowest BCUT2D eigenvalue weighted by molar-refractivity contribution is -0.117. The zero-order chi connectivity index (χ0) is 13.2. The van der Waals surface area contributed by atoms with Gasteiger partial charge < -0.3 is 5.73 Å². The fourth-order valence-corrected chi connectivity index (χ4v) is 2.08. The normalized spacial score (nSPS) is 18.9. The number of carbonyl (C=O) groups is 1. The van der Waals surface area contributed by atoms with E-state index in [-0.39, 0.29) is 11.9 Å². The van der Waals surface area contributed by atoms with Crippen molar-refractivity contribution in [2.75, 3.05) is 11.4 Å². The van der Waals surface area contributed by atoms with Crippen LogP contribution in [0.5, 0.6) is 0 Å². The predicted molar refractivity (Wildman–Crippen MR) is 70.2 cm³/mol. The van der Waals surface area contributed by atoms with Gasteiger partial charge in [0.1, 0.15) is 0 Å². The molecule has 2 aromatic heterocycles. The Morgan fingerprint density at radius 2 is 2.21 bits per heavy atom. The molecule has 2 aromatic rings. The molecule has 6 nitrogen and oxygen atoms in total. The number of pyridine rings is 1. The van der Waals surface area contributed by atoms with E-state index >= 15 is 0 Å². The van der Waals surface area contributed by atoms with E-state index in [1.54, 1.807) is 24.7 Å². The average Bonchev–Trinajstić information content (AvgIpc) is 2.79. The fraction of sp³-hybridized carbons (Fsp3) is 0.231. The molecule has 1 saturated heterocycles. The number of carbonyl (C=O) groups excluding carboxylic acids is 1. The summed E-state index contributed by atoms with van der Waals surface area (Å²) in [5.41, 5.74) is 7.41. The number of nitrogens with zero attached hydrogens (tertiary/aromatic N) is 4. The zero-order valence-electron chi connectivity index (χ0n) is 10.2. The Hall–Kier alpha value is -2.34. The largest absolute Gasteiger partial charge is 0.326 e. The molecule has 0 spiro atoms. The molecule has 0 bridgehead atoms. The summed E-state index contributed by atoms with van der Waals surface area (Å²) in [5, 5.41) is 0. The maximum atomic E-state index is 11.8. The first-order valence-corrected chi connectivity index (χ1v) is 6.03. The molecule has 1 atom stereocenters. The van der Waals surface area contributed by atoms with Gasteiger partial charge in [0.25, 0.3) is 0 Å². The molecule has 0 aliphatic carbocycles. The second kappa shape index (κ2) is 4.74. The van der Waals surface area contributed by atoms with E-state index in [2.05, 4.69) is 15.0 Å². The van der Waals surface area contributed by atoms with Gasteiger partial charge in [0.15, 0.2) is 0 Å². The van der Waals surface area contributed by atoms with E-state index in [0.717, 1.165) is 11.3 Å². The van der Waals surface area contributed by atoms with Gasteiger partial charge >= 0.3 is 0 Å². The molecule has 1 amide bonds. The molecule has 3 rings (SSSR count). The van der Waals surface area contributed by atoms with Gasteiger partial charge in [-0.3, -0.25) is 14.7 Å². The Bertz CT molecular complexity index is 601. The highest BCUT2D eigenvalue weighted by Gasteiger charge is 2.29. The number of amides is 1.